The summed E-state index contributed by atoms with van der Waals surface area (Å²) in [6.45, 7) is 5.11. The van der Waals surface area contributed by atoms with Crippen LogP contribution in [0.3, 0.4) is 0 Å². The van der Waals surface area contributed by atoms with Gasteiger partial charge in [0.05, 0.1) is 13.2 Å². The number of hydrogen-bond acceptors (Lipinski definition) is 5. The van der Waals surface area contributed by atoms with Crippen LogP contribution in [0.1, 0.15) is 13.8 Å². The van der Waals surface area contributed by atoms with Crippen LogP contribution in [0.5, 0.6) is 11.5 Å². The number of aromatic nitrogens is 2. The zero-order valence-corrected chi connectivity index (χ0v) is 12.5. The van der Waals surface area contributed by atoms with Gasteiger partial charge in [-0.3, -0.25) is 0 Å². The molecule has 0 saturated heterocycles. The largest absolute Gasteiger partial charge is 0.490 e. The minimum Gasteiger partial charge on any atom is -0.490 e. The lowest BCUT2D eigenvalue weighted by atomic mass is 10.2. The van der Waals surface area contributed by atoms with Gasteiger partial charge in [-0.25, -0.2) is 0 Å². The van der Waals surface area contributed by atoms with Gasteiger partial charge in [-0.05, 0) is 48.0 Å². The zero-order chi connectivity index (χ0) is 13.0. The van der Waals surface area contributed by atoms with Crippen molar-refractivity contribution in [3.05, 3.63) is 22.1 Å². The first-order valence-corrected chi connectivity index (χ1v) is 7.24. The molecule has 2 aromatic rings. The molecule has 0 atom stereocenters. The molecule has 0 aliphatic rings. The van der Waals surface area contributed by atoms with Gasteiger partial charge in [-0.2, -0.15) is 0 Å². The van der Waals surface area contributed by atoms with Crippen LogP contribution in [-0.2, 0) is 0 Å². The molecule has 0 fully saturated rings. The van der Waals surface area contributed by atoms with E-state index in [1.54, 1.807) is 0 Å². The standard InChI is InChI=1S/C12H13BrN2O2S/c1-3-16-9-6-5-8(7-10(9)17-4-2)11-14-15-12(13)18-11/h5-7H,3-4H2,1-2H3. The van der Waals surface area contributed by atoms with Gasteiger partial charge in [0.25, 0.3) is 0 Å². The monoisotopic (exact) mass is 328 g/mol. The molecule has 0 saturated carbocycles. The van der Waals surface area contributed by atoms with Crippen molar-refractivity contribution in [3.63, 3.8) is 0 Å². The van der Waals surface area contributed by atoms with E-state index in [4.69, 9.17) is 9.47 Å². The molecule has 4 nitrogen and oxygen atoms in total. The summed E-state index contributed by atoms with van der Waals surface area (Å²) in [5.41, 5.74) is 0.977. The molecule has 6 heteroatoms. The van der Waals surface area contributed by atoms with Crippen LogP contribution in [0.25, 0.3) is 10.6 Å². The molecule has 18 heavy (non-hydrogen) atoms. The first-order valence-electron chi connectivity index (χ1n) is 5.63. The number of ether oxygens (including phenoxy) is 2. The molecule has 0 aliphatic carbocycles. The molecule has 0 bridgehead atoms. The maximum absolute atomic E-state index is 5.58. The third-order valence-corrected chi connectivity index (χ3v) is 3.60. The Hall–Kier alpha value is -1.14. The van der Waals surface area contributed by atoms with Crippen molar-refractivity contribution in [1.82, 2.24) is 10.2 Å². The zero-order valence-electron chi connectivity index (χ0n) is 10.1. The quantitative estimate of drug-likeness (QED) is 0.838. The van der Waals surface area contributed by atoms with E-state index in [-0.39, 0.29) is 0 Å². The molecular weight excluding hydrogens is 316 g/mol. The van der Waals surface area contributed by atoms with Crippen LogP contribution in [0.4, 0.5) is 0 Å². The highest BCUT2D eigenvalue weighted by Crippen LogP contribution is 2.34. The lowest BCUT2D eigenvalue weighted by molar-refractivity contribution is 0.288. The summed E-state index contributed by atoms with van der Waals surface area (Å²) < 4.78 is 11.9. The molecule has 1 heterocycles. The Bertz CT molecular complexity index is 531. The summed E-state index contributed by atoms with van der Waals surface area (Å²) in [6, 6.07) is 5.79. The van der Waals surface area contributed by atoms with Gasteiger partial charge in [0.2, 0.25) is 0 Å². The molecule has 0 radical (unpaired) electrons. The molecule has 0 amide bonds. The number of nitrogens with zero attached hydrogens (tertiary/aromatic N) is 2. The average molecular weight is 329 g/mol. The van der Waals surface area contributed by atoms with Gasteiger partial charge in [0.1, 0.15) is 5.01 Å². The van der Waals surface area contributed by atoms with Crippen molar-refractivity contribution < 1.29 is 9.47 Å². The van der Waals surface area contributed by atoms with Crippen LogP contribution >= 0.6 is 27.3 Å². The molecule has 2 rings (SSSR count). The summed E-state index contributed by atoms with van der Waals surface area (Å²) in [6.07, 6.45) is 0. The highest BCUT2D eigenvalue weighted by atomic mass is 79.9. The topological polar surface area (TPSA) is 44.2 Å². The maximum atomic E-state index is 5.58. The fraction of sp³-hybridized carbons (Fsp3) is 0.333. The molecule has 1 aromatic heterocycles. The Morgan fingerprint density at radius 1 is 1.11 bits per heavy atom. The van der Waals surface area contributed by atoms with Crippen molar-refractivity contribution >= 4 is 27.3 Å². The van der Waals surface area contributed by atoms with Gasteiger partial charge in [0, 0.05) is 5.56 Å². The van der Waals surface area contributed by atoms with Crippen molar-refractivity contribution in [2.45, 2.75) is 13.8 Å². The van der Waals surface area contributed by atoms with E-state index in [0.717, 1.165) is 26.0 Å². The van der Waals surface area contributed by atoms with Gasteiger partial charge < -0.3 is 9.47 Å². The lowest BCUT2D eigenvalue weighted by Crippen LogP contribution is -1.98. The lowest BCUT2D eigenvalue weighted by Gasteiger charge is -2.11. The van der Waals surface area contributed by atoms with Gasteiger partial charge in [0.15, 0.2) is 15.4 Å². The van der Waals surface area contributed by atoms with Gasteiger partial charge >= 0.3 is 0 Å². The Labute approximate surface area is 118 Å². The number of rotatable bonds is 5. The van der Waals surface area contributed by atoms with Crippen molar-refractivity contribution in [3.8, 4) is 22.1 Å². The van der Waals surface area contributed by atoms with E-state index in [1.165, 1.54) is 11.3 Å². The first-order chi connectivity index (χ1) is 8.74. The minimum atomic E-state index is 0.601. The minimum absolute atomic E-state index is 0.601. The molecular formula is C12H13BrN2O2S. The average Bonchev–Trinajstić information content (AvgIpc) is 2.79. The molecule has 0 unspecified atom stereocenters. The SMILES string of the molecule is CCOc1ccc(-c2nnc(Br)s2)cc1OCC. The molecule has 96 valence electrons. The number of hydrogen-bond donors (Lipinski definition) is 0. The third kappa shape index (κ3) is 3.00. The summed E-state index contributed by atoms with van der Waals surface area (Å²) >= 11 is 4.79. The second-order valence-corrected chi connectivity index (χ2v) is 5.64. The second kappa shape index (κ2) is 6.15. The van der Waals surface area contributed by atoms with Crippen molar-refractivity contribution in [2.75, 3.05) is 13.2 Å². The van der Waals surface area contributed by atoms with Crippen LogP contribution in [0.15, 0.2) is 22.1 Å². The molecule has 1 aromatic carbocycles. The fourth-order valence-corrected chi connectivity index (χ4v) is 2.61. The highest BCUT2D eigenvalue weighted by Gasteiger charge is 2.10. The van der Waals surface area contributed by atoms with Crippen LogP contribution in [0.2, 0.25) is 0 Å². The summed E-state index contributed by atoms with van der Waals surface area (Å²) in [5, 5.41) is 8.88. The van der Waals surface area contributed by atoms with Crippen LogP contribution in [-0.4, -0.2) is 23.4 Å². The maximum Gasteiger partial charge on any atom is 0.183 e. The second-order valence-electron chi connectivity index (χ2n) is 3.39. The highest BCUT2D eigenvalue weighted by molar-refractivity contribution is 9.11. The molecule has 0 N–H and O–H groups in total. The summed E-state index contributed by atoms with van der Waals surface area (Å²) in [5.74, 6) is 1.50. The Morgan fingerprint density at radius 2 is 1.83 bits per heavy atom. The smallest absolute Gasteiger partial charge is 0.183 e. The predicted molar refractivity (Wildman–Crippen MR) is 75.4 cm³/mol. The third-order valence-electron chi connectivity index (χ3n) is 2.19. The van der Waals surface area contributed by atoms with E-state index in [1.807, 2.05) is 32.0 Å². The Kier molecular flexibility index (Phi) is 4.54. The normalized spacial score (nSPS) is 10.4. The molecule has 0 aliphatic heterocycles. The fourth-order valence-electron chi connectivity index (χ4n) is 1.51. The van der Waals surface area contributed by atoms with E-state index >= 15 is 0 Å². The number of benzene rings is 1. The van der Waals surface area contributed by atoms with Gasteiger partial charge in [-0.1, -0.05) is 11.3 Å². The van der Waals surface area contributed by atoms with Crippen molar-refractivity contribution in [2.24, 2.45) is 0 Å². The van der Waals surface area contributed by atoms with E-state index < -0.39 is 0 Å². The van der Waals surface area contributed by atoms with Crippen LogP contribution < -0.4 is 9.47 Å². The van der Waals surface area contributed by atoms with Crippen molar-refractivity contribution in [1.29, 1.82) is 0 Å². The Balaban J connectivity index is 2.35. The molecule has 0 spiro atoms. The van der Waals surface area contributed by atoms with E-state index in [0.29, 0.717) is 13.2 Å². The van der Waals surface area contributed by atoms with E-state index in [2.05, 4.69) is 26.1 Å². The number of halogens is 1. The van der Waals surface area contributed by atoms with Gasteiger partial charge in [-0.15, -0.1) is 10.2 Å². The predicted octanol–water partition coefficient (Wildman–Crippen LogP) is 3.77. The summed E-state index contributed by atoms with van der Waals surface area (Å²) in [4.78, 5) is 0. The van der Waals surface area contributed by atoms with Crippen LogP contribution in [0, 0.1) is 0 Å². The Morgan fingerprint density at radius 3 is 2.44 bits per heavy atom. The summed E-state index contributed by atoms with van der Waals surface area (Å²) in [7, 11) is 0. The van der Waals surface area contributed by atoms with E-state index in [9.17, 15) is 0 Å². The first kappa shape index (κ1) is 13.3.